The molecule has 10 nitrogen and oxygen atoms in total. The largest absolute Gasteiger partial charge is 0.454 e. The third-order valence-corrected chi connectivity index (χ3v) is 5.78. The molecular weight excluding hydrogens is 439 g/mol. The van der Waals surface area contributed by atoms with Gasteiger partial charge in [-0.25, -0.2) is 4.98 Å². The number of hydrogen-bond acceptors (Lipinski definition) is 8. The summed E-state index contributed by atoms with van der Waals surface area (Å²) >= 11 is 0. The number of aryl methyl sites for hydroxylation is 1. The first kappa shape index (κ1) is 22.1. The summed E-state index contributed by atoms with van der Waals surface area (Å²) in [4.78, 5) is 12.4. The Bertz CT molecular complexity index is 1350. The molecule has 0 radical (unpaired) electrons. The van der Waals surface area contributed by atoms with Crippen LogP contribution in [0.15, 0.2) is 24.4 Å². The number of nitrogens with zero attached hydrogens (tertiary/aromatic N) is 6. The minimum absolute atomic E-state index is 0.0233. The lowest BCUT2D eigenvalue weighted by molar-refractivity contribution is 0.174. The zero-order valence-corrected chi connectivity index (χ0v) is 19.4. The molecule has 1 aromatic carbocycles. The molecular formula is C23H27FN8O2. The van der Waals surface area contributed by atoms with Crippen LogP contribution >= 0.6 is 0 Å². The SMILES string of the molecule is CC(C)CNCCn1c(Cc2cc3c(cc2-c2ccnn2C)OCO3)nc2c(N)nc(F)nc21. The van der Waals surface area contributed by atoms with Gasteiger partial charge in [0.1, 0.15) is 5.82 Å². The molecule has 0 saturated heterocycles. The van der Waals surface area contributed by atoms with Gasteiger partial charge in [0.2, 0.25) is 6.79 Å². The fourth-order valence-electron chi connectivity index (χ4n) is 4.17. The van der Waals surface area contributed by atoms with E-state index in [0.717, 1.165) is 23.4 Å². The lowest BCUT2D eigenvalue weighted by Crippen LogP contribution is -2.25. The molecule has 3 aromatic heterocycles. The van der Waals surface area contributed by atoms with Gasteiger partial charge in [0.25, 0.3) is 0 Å². The molecule has 0 fully saturated rings. The van der Waals surface area contributed by atoms with E-state index in [2.05, 4.69) is 34.2 Å². The van der Waals surface area contributed by atoms with Gasteiger partial charge >= 0.3 is 6.08 Å². The van der Waals surface area contributed by atoms with Gasteiger partial charge in [0.15, 0.2) is 28.5 Å². The van der Waals surface area contributed by atoms with Crippen LogP contribution in [-0.2, 0) is 20.0 Å². The molecule has 11 heteroatoms. The van der Waals surface area contributed by atoms with Gasteiger partial charge in [-0.1, -0.05) is 13.8 Å². The molecule has 0 amide bonds. The van der Waals surface area contributed by atoms with E-state index in [1.54, 1.807) is 10.9 Å². The third-order valence-electron chi connectivity index (χ3n) is 5.78. The van der Waals surface area contributed by atoms with Crippen molar-refractivity contribution in [1.29, 1.82) is 0 Å². The third kappa shape index (κ3) is 4.14. The van der Waals surface area contributed by atoms with Crippen molar-refractivity contribution in [2.24, 2.45) is 13.0 Å². The highest BCUT2D eigenvalue weighted by molar-refractivity contribution is 5.82. The maximum atomic E-state index is 14.1. The van der Waals surface area contributed by atoms with Gasteiger partial charge < -0.3 is 25.1 Å². The van der Waals surface area contributed by atoms with Crippen molar-refractivity contribution in [3.8, 4) is 22.8 Å². The first-order chi connectivity index (χ1) is 16.4. The Morgan fingerprint density at radius 2 is 1.97 bits per heavy atom. The van der Waals surface area contributed by atoms with Crippen molar-refractivity contribution in [2.75, 3.05) is 25.6 Å². The molecule has 3 N–H and O–H groups in total. The van der Waals surface area contributed by atoms with Crippen molar-refractivity contribution in [3.05, 3.63) is 41.9 Å². The predicted octanol–water partition coefficient (Wildman–Crippen LogP) is 2.51. The Morgan fingerprint density at radius 1 is 1.18 bits per heavy atom. The second-order valence-corrected chi connectivity index (χ2v) is 8.71. The molecule has 0 spiro atoms. The first-order valence-corrected chi connectivity index (χ1v) is 11.2. The van der Waals surface area contributed by atoms with E-state index in [4.69, 9.17) is 20.2 Å². The number of rotatable bonds is 8. The van der Waals surface area contributed by atoms with Crippen LogP contribution < -0.4 is 20.5 Å². The normalized spacial score (nSPS) is 12.9. The molecule has 1 aliphatic heterocycles. The highest BCUT2D eigenvalue weighted by Crippen LogP contribution is 2.39. The second kappa shape index (κ2) is 8.90. The molecule has 0 unspecified atom stereocenters. The number of imidazole rings is 1. The molecule has 4 heterocycles. The zero-order valence-electron chi connectivity index (χ0n) is 19.4. The highest BCUT2D eigenvalue weighted by atomic mass is 19.1. The Hall–Kier alpha value is -3.73. The summed E-state index contributed by atoms with van der Waals surface area (Å²) in [5, 5.41) is 7.73. The monoisotopic (exact) mass is 466 g/mol. The van der Waals surface area contributed by atoms with Crippen LogP contribution in [0.4, 0.5) is 10.2 Å². The van der Waals surface area contributed by atoms with Crippen molar-refractivity contribution in [3.63, 3.8) is 0 Å². The van der Waals surface area contributed by atoms with E-state index in [0.29, 0.717) is 53.9 Å². The highest BCUT2D eigenvalue weighted by Gasteiger charge is 2.23. The predicted molar refractivity (Wildman–Crippen MR) is 125 cm³/mol. The van der Waals surface area contributed by atoms with Crippen LogP contribution in [0.3, 0.4) is 0 Å². The number of fused-ring (bicyclic) bond motifs is 2. The van der Waals surface area contributed by atoms with Crippen LogP contribution in [0, 0.1) is 12.0 Å². The van der Waals surface area contributed by atoms with E-state index < -0.39 is 6.08 Å². The standard InChI is InChI=1S/C23H27FN8O2/c1-13(2)11-26-6-7-32-19(28-20-21(25)29-23(24)30-22(20)32)9-14-8-17-18(34-12-33-17)10-15(14)16-4-5-27-31(16)3/h4-5,8,10,13,26H,6-7,9,11-12H2,1-3H3,(H2,25,29,30). The van der Waals surface area contributed by atoms with Crippen LogP contribution in [0.2, 0.25) is 0 Å². The van der Waals surface area contributed by atoms with Gasteiger partial charge in [-0.15, -0.1) is 0 Å². The molecule has 5 rings (SSSR count). The number of nitrogens with two attached hydrogens (primary N) is 1. The fraction of sp³-hybridized carbons (Fsp3) is 0.391. The maximum absolute atomic E-state index is 14.1. The maximum Gasteiger partial charge on any atom is 0.312 e. The number of anilines is 1. The van der Waals surface area contributed by atoms with Gasteiger partial charge in [0.05, 0.1) is 5.69 Å². The number of benzene rings is 1. The Kier molecular flexibility index (Phi) is 5.78. The average Bonchev–Trinajstić information content (AvgIpc) is 3.49. The quantitative estimate of drug-likeness (QED) is 0.300. The van der Waals surface area contributed by atoms with E-state index in [1.807, 2.05) is 29.8 Å². The average molecular weight is 467 g/mol. The summed E-state index contributed by atoms with van der Waals surface area (Å²) in [6.45, 7) is 6.58. The lowest BCUT2D eigenvalue weighted by Gasteiger charge is -2.14. The Labute approximate surface area is 195 Å². The molecule has 4 aromatic rings. The van der Waals surface area contributed by atoms with E-state index in [-0.39, 0.29) is 12.6 Å². The van der Waals surface area contributed by atoms with Crippen LogP contribution in [0.1, 0.15) is 25.2 Å². The minimum atomic E-state index is -0.869. The summed E-state index contributed by atoms with van der Waals surface area (Å²) in [6.07, 6.45) is 1.32. The van der Waals surface area contributed by atoms with Crippen molar-refractivity contribution >= 4 is 17.0 Å². The van der Waals surface area contributed by atoms with Crippen LogP contribution in [0.25, 0.3) is 22.4 Å². The molecule has 1 aliphatic rings. The van der Waals surface area contributed by atoms with Gasteiger partial charge in [-0.3, -0.25) is 4.68 Å². The van der Waals surface area contributed by atoms with Gasteiger partial charge in [-0.05, 0) is 36.2 Å². The van der Waals surface area contributed by atoms with Crippen LogP contribution in [-0.4, -0.2) is 49.2 Å². The summed E-state index contributed by atoms with van der Waals surface area (Å²) in [7, 11) is 1.89. The lowest BCUT2D eigenvalue weighted by atomic mass is 10.00. The fourth-order valence-corrected chi connectivity index (χ4v) is 4.17. The second-order valence-electron chi connectivity index (χ2n) is 8.71. The molecule has 34 heavy (non-hydrogen) atoms. The smallest absolute Gasteiger partial charge is 0.312 e. The summed E-state index contributed by atoms with van der Waals surface area (Å²) in [5.41, 5.74) is 9.62. The Morgan fingerprint density at radius 3 is 2.71 bits per heavy atom. The number of nitrogens with one attached hydrogen (secondary N) is 1. The van der Waals surface area contributed by atoms with E-state index >= 15 is 0 Å². The summed E-state index contributed by atoms with van der Waals surface area (Å²) < 4.78 is 29.0. The van der Waals surface area contributed by atoms with E-state index in [9.17, 15) is 4.39 Å². The number of halogens is 1. The Balaban J connectivity index is 1.58. The summed E-state index contributed by atoms with van der Waals surface area (Å²) in [6, 6.07) is 5.86. The molecule has 0 bridgehead atoms. The minimum Gasteiger partial charge on any atom is -0.454 e. The molecule has 0 atom stereocenters. The zero-order chi connectivity index (χ0) is 23.8. The number of aromatic nitrogens is 6. The van der Waals surface area contributed by atoms with Crippen molar-refractivity contribution in [1.82, 2.24) is 34.6 Å². The van der Waals surface area contributed by atoms with Gasteiger partial charge in [0, 0.05) is 38.3 Å². The first-order valence-electron chi connectivity index (χ1n) is 11.2. The summed E-state index contributed by atoms with van der Waals surface area (Å²) in [5.74, 6) is 2.60. The van der Waals surface area contributed by atoms with Crippen molar-refractivity contribution < 1.29 is 13.9 Å². The molecule has 178 valence electrons. The number of ether oxygens (including phenoxy) is 2. The van der Waals surface area contributed by atoms with Gasteiger partial charge in [-0.2, -0.15) is 19.5 Å². The van der Waals surface area contributed by atoms with Crippen LogP contribution in [0.5, 0.6) is 11.5 Å². The van der Waals surface area contributed by atoms with Crippen molar-refractivity contribution in [2.45, 2.75) is 26.8 Å². The van der Waals surface area contributed by atoms with E-state index in [1.165, 1.54) is 0 Å². The molecule has 0 saturated carbocycles. The molecule has 0 aliphatic carbocycles. The topological polar surface area (TPSA) is 118 Å². The number of hydrogen-bond donors (Lipinski definition) is 2. The number of nitrogen functional groups attached to an aromatic ring is 1.